The SMILES string of the molecule is CN(Cc1ccc(OC(F)F)cc1)C(=O)C1(N)CCC1. The van der Waals surface area contributed by atoms with Gasteiger partial charge in [0, 0.05) is 13.6 Å². The summed E-state index contributed by atoms with van der Waals surface area (Å²) < 4.78 is 28.3. The Labute approximate surface area is 116 Å². The molecule has 110 valence electrons. The van der Waals surface area contributed by atoms with Crippen molar-refractivity contribution in [2.24, 2.45) is 5.73 Å². The Hall–Kier alpha value is -1.69. The highest BCUT2D eigenvalue weighted by atomic mass is 19.3. The van der Waals surface area contributed by atoms with Gasteiger partial charge in [-0.15, -0.1) is 0 Å². The van der Waals surface area contributed by atoms with Crippen LogP contribution in [0.3, 0.4) is 0 Å². The van der Waals surface area contributed by atoms with E-state index in [9.17, 15) is 13.6 Å². The van der Waals surface area contributed by atoms with E-state index in [4.69, 9.17) is 5.73 Å². The van der Waals surface area contributed by atoms with E-state index in [0.29, 0.717) is 6.54 Å². The molecular formula is C14H18F2N2O2. The number of carbonyl (C=O) groups excluding carboxylic acids is 1. The van der Waals surface area contributed by atoms with Crippen LogP contribution in [0.5, 0.6) is 5.75 Å². The lowest BCUT2D eigenvalue weighted by Gasteiger charge is -2.39. The third-order valence-corrected chi connectivity index (χ3v) is 3.59. The second kappa shape index (κ2) is 5.75. The molecule has 0 aliphatic heterocycles. The van der Waals surface area contributed by atoms with Crippen LogP contribution in [0.1, 0.15) is 24.8 Å². The van der Waals surface area contributed by atoms with E-state index in [1.807, 2.05) is 0 Å². The molecular weight excluding hydrogens is 266 g/mol. The first-order valence-electron chi connectivity index (χ1n) is 6.49. The number of amides is 1. The molecule has 0 bridgehead atoms. The van der Waals surface area contributed by atoms with Crippen molar-refractivity contribution in [1.82, 2.24) is 4.90 Å². The van der Waals surface area contributed by atoms with Crippen LogP contribution in [0.25, 0.3) is 0 Å². The Balaban J connectivity index is 1.94. The van der Waals surface area contributed by atoms with Crippen LogP contribution in [0.15, 0.2) is 24.3 Å². The maximum atomic E-state index is 12.1. The van der Waals surface area contributed by atoms with Crippen LogP contribution in [0.2, 0.25) is 0 Å². The summed E-state index contributed by atoms with van der Waals surface area (Å²) in [6.45, 7) is -2.44. The summed E-state index contributed by atoms with van der Waals surface area (Å²) in [7, 11) is 1.69. The minimum atomic E-state index is -2.83. The van der Waals surface area contributed by atoms with E-state index in [2.05, 4.69) is 4.74 Å². The maximum Gasteiger partial charge on any atom is 0.387 e. The monoisotopic (exact) mass is 284 g/mol. The Morgan fingerprint density at radius 1 is 1.40 bits per heavy atom. The number of nitrogens with two attached hydrogens (primary N) is 1. The highest BCUT2D eigenvalue weighted by Crippen LogP contribution is 2.31. The number of halogens is 2. The van der Waals surface area contributed by atoms with Gasteiger partial charge in [0.2, 0.25) is 5.91 Å². The molecule has 1 aromatic rings. The minimum Gasteiger partial charge on any atom is -0.435 e. The molecule has 0 atom stereocenters. The second-order valence-corrected chi connectivity index (χ2v) is 5.19. The molecule has 0 saturated heterocycles. The van der Waals surface area contributed by atoms with Gasteiger partial charge < -0.3 is 15.4 Å². The van der Waals surface area contributed by atoms with Crippen molar-refractivity contribution in [1.29, 1.82) is 0 Å². The van der Waals surface area contributed by atoms with Crippen LogP contribution in [-0.4, -0.2) is 30.0 Å². The summed E-state index contributed by atoms with van der Waals surface area (Å²) in [5, 5.41) is 0. The molecule has 0 heterocycles. The molecule has 0 aromatic heterocycles. The first-order chi connectivity index (χ1) is 9.40. The first-order valence-corrected chi connectivity index (χ1v) is 6.49. The quantitative estimate of drug-likeness (QED) is 0.901. The van der Waals surface area contributed by atoms with Crippen LogP contribution >= 0.6 is 0 Å². The van der Waals surface area contributed by atoms with Gasteiger partial charge in [-0.2, -0.15) is 8.78 Å². The number of nitrogens with zero attached hydrogens (tertiary/aromatic N) is 1. The lowest BCUT2D eigenvalue weighted by molar-refractivity contribution is -0.139. The van der Waals surface area contributed by atoms with Gasteiger partial charge >= 0.3 is 6.61 Å². The van der Waals surface area contributed by atoms with Crippen molar-refractivity contribution >= 4 is 5.91 Å². The summed E-state index contributed by atoms with van der Waals surface area (Å²) in [6, 6.07) is 6.24. The zero-order valence-electron chi connectivity index (χ0n) is 11.3. The van der Waals surface area contributed by atoms with E-state index in [-0.39, 0.29) is 11.7 Å². The molecule has 20 heavy (non-hydrogen) atoms. The Bertz CT molecular complexity index is 473. The standard InChI is InChI=1S/C14H18F2N2O2/c1-18(12(19)14(17)7-2-8-14)9-10-3-5-11(6-4-10)20-13(15)16/h3-6,13H,2,7-9,17H2,1H3. The van der Waals surface area contributed by atoms with Crippen molar-refractivity contribution in [2.45, 2.75) is 38.0 Å². The smallest absolute Gasteiger partial charge is 0.387 e. The van der Waals surface area contributed by atoms with Crippen LogP contribution in [0.4, 0.5) is 8.78 Å². The molecule has 0 spiro atoms. The van der Waals surface area contributed by atoms with Gasteiger partial charge in [0.25, 0.3) is 0 Å². The van der Waals surface area contributed by atoms with Crippen molar-refractivity contribution in [3.8, 4) is 5.75 Å². The molecule has 1 fully saturated rings. The summed E-state index contributed by atoms with van der Waals surface area (Å²) in [5.41, 5.74) is 6.11. The molecule has 1 saturated carbocycles. The molecule has 2 rings (SSSR count). The third-order valence-electron chi connectivity index (χ3n) is 3.59. The minimum absolute atomic E-state index is 0.0725. The number of hydrogen-bond acceptors (Lipinski definition) is 3. The topological polar surface area (TPSA) is 55.6 Å². The fourth-order valence-corrected chi connectivity index (χ4v) is 2.27. The molecule has 2 N–H and O–H groups in total. The summed E-state index contributed by atoms with van der Waals surface area (Å²) >= 11 is 0. The van der Waals surface area contributed by atoms with E-state index in [0.717, 1.165) is 24.8 Å². The zero-order valence-corrected chi connectivity index (χ0v) is 11.3. The number of likely N-dealkylation sites (N-methyl/N-ethyl adjacent to an activating group) is 1. The number of hydrogen-bond donors (Lipinski definition) is 1. The van der Waals surface area contributed by atoms with Gasteiger partial charge in [-0.25, -0.2) is 0 Å². The van der Waals surface area contributed by atoms with Gasteiger partial charge in [-0.1, -0.05) is 12.1 Å². The Morgan fingerprint density at radius 2 is 2.00 bits per heavy atom. The second-order valence-electron chi connectivity index (χ2n) is 5.19. The van der Waals surface area contributed by atoms with Gasteiger partial charge in [-0.3, -0.25) is 4.79 Å². The summed E-state index contributed by atoms with van der Waals surface area (Å²) in [4.78, 5) is 13.7. The maximum absolute atomic E-state index is 12.1. The van der Waals surface area contributed by atoms with Crippen molar-refractivity contribution < 1.29 is 18.3 Å². The molecule has 0 unspecified atom stereocenters. The van der Waals surface area contributed by atoms with E-state index >= 15 is 0 Å². The highest BCUT2D eigenvalue weighted by molar-refractivity contribution is 5.86. The molecule has 1 aliphatic carbocycles. The van der Waals surface area contributed by atoms with Gasteiger partial charge in [0.05, 0.1) is 5.54 Å². The van der Waals surface area contributed by atoms with E-state index in [1.54, 1.807) is 24.1 Å². The molecule has 6 heteroatoms. The van der Waals surface area contributed by atoms with Crippen molar-refractivity contribution in [2.75, 3.05) is 7.05 Å². The molecule has 1 aromatic carbocycles. The number of alkyl halides is 2. The zero-order chi connectivity index (χ0) is 14.8. The van der Waals surface area contributed by atoms with Crippen LogP contribution in [0, 0.1) is 0 Å². The fourth-order valence-electron chi connectivity index (χ4n) is 2.27. The summed E-state index contributed by atoms with van der Waals surface area (Å²) in [5.74, 6) is 0.0312. The number of benzene rings is 1. The normalized spacial score (nSPS) is 16.6. The first kappa shape index (κ1) is 14.7. The van der Waals surface area contributed by atoms with Crippen molar-refractivity contribution in [3.63, 3.8) is 0 Å². The number of rotatable bonds is 5. The lowest BCUT2D eigenvalue weighted by Crippen LogP contribution is -2.58. The molecule has 1 aliphatic rings. The molecule has 4 nitrogen and oxygen atoms in total. The average molecular weight is 284 g/mol. The van der Waals surface area contributed by atoms with Gasteiger partial charge in [0.1, 0.15) is 5.75 Å². The third kappa shape index (κ3) is 3.25. The van der Waals surface area contributed by atoms with Gasteiger partial charge in [-0.05, 0) is 37.0 Å². The fraction of sp³-hybridized carbons (Fsp3) is 0.500. The van der Waals surface area contributed by atoms with Crippen LogP contribution in [-0.2, 0) is 11.3 Å². The summed E-state index contributed by atoms with van der Waals surface area (Å²) in [6.07, 6.45) is 2.42. The molecule has 0 radical (unpaired) electrons. The number of ether oxygens (including phenoxy) is 1. The molecule has 1 amide bonds. The highest BCUT2D eigenvalue weighted by Gasteiger charge is 2.41. The van der Waals surface area contributed by atoms with E-state index < -0.39 is 12.2 Å². The average Bonchev–Trinajstić information content (AvgIpc) is 2.36. The lowest BCUT2D eigenvalue weighted by atomic mass is 9.76. The Morgan fingerprint density at radius 3 is 2.45 bits per heavy atom. The van der Waals surface area contributed by atoms with E-state index in [1.165, 1.54) is 12.1 Å². The Kier molecular flexibility index (Phi) is 4.23. The van der Waals surface area contributed by atoms with Crippen LogP contribution < -0.4 is 10.5 Å². The largest absolute Gasteiger partial charge is 0.435 e. The van der Waals surface area contributed by atoms with Crippen molar-refractivity contribution in [3.05, 3.63) is 29.8 Å². The van der Waals surface area contributed by atoms with Gasteiger partial charge in [0.15, 0.2) is 0 Å². The predicted molar refractivity (Wildman–Crippen MR) is 70.3 cm³/mol. The predicted octanol–water partition coefficient (Wildman–Crippen LogP) is 2.13. The number of carbonyl (C=O) groups is 1.